The van der Waals surface area contributed by atoms with E-state index in [2.05, 4.69) is 0 Å². The molecule has 6 heteroatoms. The zero-order valence-electron chi connectivity index (χ0n) is 7.48. The maximum absolute atomic E-state index is 13.2. The van der Waals surface area contributed by atoms with Crippen LogP contribution in [-0.4, -0.2) is 13.0 Å². The summed E-state index contributed by atoms with van der Waals surface area (Å²) < 4.78 is 50.9. The zero-order valence-corrected chi connectivity index (χ0v) is 8.24. The van der Waals surface area contributed by atoms with Gasteiger partial charge in [0.2, 0.25) is 6.43 Å². The Balaban J connectivity index is 3.18. The van der Waals surface area contributed by atoms with Crippen LogP contribution >= 0.6 is 11.6 Å². The van der Waals surface area contributed by atoms with Crippen LogP contribution in [0.25, 0.3) is 0 Å². The third kappa shape index (κ3) is 2.60. The molecule has 0 fully saturated rings. The minimum Gasteiger partial charge on any atom is -0.330 e. The first-order valence-electron chi connectivity index (χ1n) is 4.10. The molecule has 15 heavy (non-hydrogen) atoms. The van der Waals surface area contributed by atoms with Crippen molar-refractivity contribution in [3.63, 3.8) is 0 Å². The van der Waals surface area contributed by atoms with Crippen LogP contribution in [-0.2, 0) is 0 Å². The Morgan fingerprint density at radius 3 is 2.27 bits per heavy atom. The Morgan fingerprint density at radius 2 is 1.80 bits per heavy atom. The van der Waals surface area contributed by atoms with Crippen molar-refractivity contribution in [1.82, 2.24) is 0 Å². The quantitative estimate of drug-likeness (QED) is 0.639. The summed E-state index contributed by atoms with van der Waals surface area (Å²) in [5, 5.41) is -0.443. The van der Waals surface area contributed by atoms with E-state index in [9.17, 15) is 17.6 Å². The largest absolute Gasteiger partial charge is 0.330 e. The van der Waals surface area contributed by atoms with Gasteiger partial charge in [0, 0.05) is 12.1 Å². The van der Waals surface area contributed by atoms with Crippen molar-refractivity contribution in [2.24, 2.45) is 5.73 Å². The molecule has 0 spiro atoms. The van der Waals surface area contributed by atoms with Gasteiger partial charge in [0.1, 0.15) is 11.6 Å². The fourth-order valence-corrected chi connectivity index (χ4v) is 1.34. The van der Waals surface area contributed by atoms with Gasteiger partial charge in [0.25, 0.3) is 0 Å². The Hall–Kier alpha value is -0.810. The van der Waals surface area contributed by atoms with Gasteiger partial charge in [-0.3, -0.25) is 0 Å². The molecule has 0 saturated heterocycles. The molecule has 0 aliphatic carbocycles. The van der Waals surface area contributed by atoms with Gasteiger partial charge in [-0.2, -0.15) is 0 Å². The molecule has 0 aromatic heterocycles. The fraction of sp³-hybridized carbons (Fsp3) is 0.333. The van der Waals surface area contributed by atoms with Crippen LogP contribution in [0.4, 0.5) is 17.6 Å². The third-order valence-electron chi connectivity index (χ3n) is 2.00. The molecule has 1 aromatic carbocycles. The molecule has 0 saturated carbocycles. The highest BCUT2D eigenvalue weighted by Gasteiger charge is 2.25. The van der Waals surface area contributed by atoms with E-state index in [1.807, 2.05) is 0 Å². The molecule has 0 aliphatic rings. The highest BCUT2D eigenvalue weighted by molar-refractivity contribution is 6.30. The van der Waals surface area contributed by atoms with Crippen LogP contribution < -0.4 is 5.73 Å². The first kappa shape index (κ1) is 12.3. The summed E-state index contributed by atoms with van der Waals surface area (Å²) in [4.78, 5) is 0. The SMILES string of the molecule is NCC(c1cc(F)c(Cl)cc1F)C(F)F. The minimum absolute atomic E-state index is 0.443. The number of nitrogens with two attached hydrogens (primary N) is 1. The second-order valence-electron chi connectivity index (χ2n) is 2.96. The monoisotopic (exact) mass is 241 g/mol. The number of hydrogen-bond donors (Lipinski definition) is 1. The van der Waals surface area contributed by atoms with E-state index in [1.165, 1.54) is 0 Å². The lowest BCUT2D eigenvalue weighted by Gasteiger charge is -2.15. The number of rotatable bonds is 3. The van der Waals surface area contributed by atoms with Gasteiger partial charge in [0.15, 0.2) is 0 Å². The van der Waals surface area contributed by atoms with Crippen LogP contribution in [0, 0.1) is 11.6 Å². The summed E-state index contributed by atoms with van der Waals surface area (Å²) in [7, 11) is 0. The van der Waals surface area contributed by atoms with Crippen LogP contribution in [0.5, 0.6) is 0 Å². The maximum Gasteiger partial charge on any atom is 0.246 e. The number of alkyl halides is 2. The average Bonchev–Trinajstić information content (AvgIpc) is 2.14. The number of hydrogen-bond acceptors (Lipinski definition) is 1. The summed E-state index contributed by atoms with van der Waals surface area (Å²) in [6, 6.07) is 1.32. The summed E-state index contributed by atoms with van der Waals surface area (Å²) >= 11 is 5.28. The van der Waals surface area contributed by atoms with Crippen LogP contribution in [0.2, 0.25) is 5.02 Å². The Labute approximate surface area is 88.8 Å². The summed E-state index contributed by atoms with van der Waals surface area (Å²) in [6.07, 6.45) is -2.84. The van der Waals surface area contributed by atoms with E-state index in [0.29, 0.717) is 12.1 Å². The molecular weight excluding hydrogens is 234 g/mol. The molecule has 0 radical (unpaired) electrons. The first-order valence-corrected chi connectivity index (χ1v) is 4.47. The summed E-state index contributed by atoms with van der Waals surface area (Å²) in [6.45, 7) is -0.463. The third-order valence-corrected chi connectivity index (χ3v) is 2.29. The summed E-state index contributed by atoms with van der Waals surface area (Å²) in [5.41, 5.74) is 4.61. The molecule has 1 unspecified atom stereocenters. The molecule has 1 aromatic rings. The van der Waals surface area contributed by atoms with E-state index >= 15 is 0 Å². The Bertz CT molecular complexity index is 356. The second kappa shape index (κ2) is 4.81. The van der Waals surface area contributed by atoms with Crippen molar-refractivity contribution in [2.75, 3.05) is 6.54 Å². The predicted molar refractivity (Wildman–Crippen MR) is 49.2 cm³/mol. The topological polar surface area (TPSA) is 26.0 Å². The molecule has 0 bridgehead atoms. The van der Waals surface area contributed by atoms with E-state index < -0.39 is 41.1 Å². The van der Waals surface area contributed by atoms with Crippen molar-refractivity contribution in [1.29, 1.82) is 0 Å². The molecule has 0 heterocycles. The normalized spacial score (nSPS) is 13.3. The number of halogens is 5. The molecule has 0 amide bonds. The van der Waals surface area contributed by atoms with Crippen molar-refractivity contribution in [3.8, 4) is 0 Å². The van der Waals surface area contributed by atoms with Crippen molar-refractivity contribution >= 4 is 11.6 Å². The minimum atomic E-state index is -2.84. The molecular formula is C9H8ClF4N. The highest BCUT2D eigenvalue weighted by Crippen LogP contribution is 2.28. The van der Waals surface area contributed by atoms with E-state index in [0.717, 1.165) is 0 Å². The molecule has 0 aliphatic heterocycles. The number of benzene rings is 1. The van der Waals surface area contributed by atoms with Gasteiger partial charge in [-0.1, -0.05) is 11.6 Å². The smallest absolute Gasteiger partial charge is 0.246 e. The van der Waals surface area contributed by atoms with Gasteiger partial charge < -0.3 is 5.73 Å². The van der Waals surface area contributed by atoms with Crippen molar-refractivity contribution in [2.45, 2.75) is 12.3 Å². The van der Waals surface area contributed by atoms with Gasteiger partial charge in [-0.15, -0.1) is 0 Å². The van der Waals surface area contributed by atoms with Gasteiger partial charge >= 0.3 is 0 Å². The van der Waals surface area contributed by atoms with E-state index in [-0.39, 0.29) is 0 Å². The first-order chi connectivity index (χ1) is 6.97. The van der Waals surface area contributed by atoms with Gasteiger partial charge in [-0.25, -0.2) is 17.6 Å². The van der Waals surface area contributed by atoms with E-state index in [1.54, 1.807) is 0 Å². The highest BCUT2D eigenvalue weighted by atomic mass is 35.5. The molecule has 2 N–H and O–H groups in total. The second-order valence-corrected chi connectivity index (χ2v) is 3.37. The van der Waals surface area contributed by atoms with Crippen LogP contribution in [0.15, 0.2) is 12.1 Å². The standard InChI is InChI=1S/C9H8ClF4N/c10-6-2-7(11)4(1-8(6)12)5(3-15)9(13)14/h1-2,5,9H,3,15H2. The summed E-state index contributed by atoms with van der Waals surface area (Å²) in [5.74, 6) is -3.43. The van der Waals surface area contributed by atoms with Gasteiger partial charge in [-0.05, 0) is 12.1 Å². The predicted octanol–water partition coefficient (Wildman–Crippen LogP) is 2.93. The molecule has 1 rings (SSSR count). The van der Waals surface area contributed by atoms with Crippen LogP contribution in [0.1, 0.15) is 11.5 Å². The fourth-order valence-electron chi connectivity index (χ4n) is 1.19. The lowest BCUT2D eigenvalue weighted by atomic mass is 9.99. The molecule has 1 atom stereocenters. The Kier molecular flexibility index (Phi) is 3.93. The van der Waals surface area contributed by atoms with Crippen LogP contribution in [0.3, 0.4) is 0 Å². The molecule has 84 valence electrons. The van der Waals surface area contributed by atoms with Crippen molar-refractivity contribution in [3.05, 3.63) is 34.4 Å². The maximum atomic E-state index is 13.2. The lowest BCUT2D eigenvalue weighted by Crippen LogP contribution is -2.21. The Morgan fingerprint density at radius 1 is 1.20 bits per heavy atom. The zero-order chi connectivity index (χ0) is 11.6. The van der Waals surface area contributed by atoms with Crippen molar-refractivity contribution < 1.29 is 17.6 Å². The molecule has 1 nitrogen and oxygen atoms in total. The lowest BCUT2D eigenvalue weighted by molar-refractivity contribution is 0.115. The van der Waals surface area contributed by atoms with E-state index in [4.69, 9.17) is 17.3 Å². The van der Waals surface area contributed by atoms with Gasteiger partial charge in [0.05, 0.1) is 10.9 Å². The average molecular weight is 242 g/mol.